The Bertz CT molecular complexity index is 2230. The fourth-order valence-electron chi connectivity index (χ4n) is 5.89. The predicted octanol–water partition coefficient (Wildman–Crippen LogP) is 9.39. The van der Waals surface area contributed by atoms with Crippen LogP contribution in [-0.4, -0.2) is 19.9 Å². The standard InChI is InChI=1S/C38H24N4/c1-4-11-25(12-5-1)28-19-20-30-29(23-28)17-10-18-31(30)38-41-24-32-35(42-38)33(26-13-6-2-7-14-26)34(27-15-8-3-9-16-27)37-36(32)39-21-22-40-37/h1-24H. The molecule has 0 radical (unpaired) electrons. The van der Waals surface area contributed by atoms with E-state index in [0.717, 1.165) is 60.5 Å². The molecule has 0 aliphatic heterocycles. The molecule has 0 bridgehead atoms. The molecule has 0 amide bonds. The van der Waals surface area contributed by atoms with Crippen molar-refractivity contribution in [1.82, 2.24) is 19.9 Å². The number of benzene rings is 6. The molecule has 8 rings (SSSR count). The Morgan fingerprint density at radius 2 is 1.02 bits per heavy atom. The van der Waals surface area contributed by atoms with Crippen molar-refractivity contribution in [1.29, 1.82) is 0 Å². The third kappa shape index (κ3) is 4.01. The first-order chi connectivity index (χ1) is 20.8. The maximum atomic E-state index is 5.31. The molecular weight excluding hydrogens is 512 g/mol. The number of hydrogen-bond donors (Lipinski definition) is 0. The maximum absolute atomic E-state index is 5.31. The van der Waals surface area contributed by atoms with E-state index in [0.29, 0.717) is 5.82 Å². The van der Waals surface area contributed by atoms with Crippen molar-refractivity contribution in [2.45, 2.75) is 0 Å². The molecular formula is C38H24N4. The molecule has 42 heavy (non-hydrogen) atoms. The normalized spacial score (nSPS) is 11.3. The van der Waals surface area contributed by atoms with Crippen molar-refractivity contribution in [3.63, 3.8) is 0 Å². The van der Waals surface area contributed by atoms with Gasteiger partial charge in [0, 0.05) is 40.7 Å². The van der Waals surface area contributed by atoms with Crippen molar-refractivity contribution >= 4 is 32.7 Å². The zero-order chi connectivity index (χ0) is 27.9. The fourth-order valence-corrected chi connectivity index (χ4v) is 5.89. The SMILES string of the molecule is c1ccc(-c2ccc3c(-c4ncc5c(n4)c(-c4ccccc4)c(-c4ccccc4)c4nccnc45)cccc3c2)cc1. The van der Waals surface area contributed by atoms with Gasteiger partial charge in [-0.1, -0.05) is 121 Å². The summed E-state index contributed by atoms with van der Waals surface area (Å²) >= 11 is 0. The molecule has 4 nitrogen and oxygen atoms in total. The summed E-state index contributed by atoms with van der Waals surface area (Å²) in [6, 6.07) is 44.2. The lowest BCUT2D eigenvalue weighted by molar-refractivity contribution is 1.23. The average Bonchev–Trinajstić information content (AvgIpc) is 3.08. The molecule has 0 atom stereocenters. The van der Waals surface area contributed by atoms with Crippen LogP contribution in [0.5, 0.6) is 0 Å². The second-order valence-corrected chi connectivity index (χ2v) is 10.3. The largest absolute Gasteiger partial charge is 0.252 e. The Labute approximate surface area is 243 Å². The number of hydrogen-bond acceptors (Lipinski definition) is 4. The minimum absolute atomic E-state index is 0.681. The molecule has 2 heterocycles. The van der Waals surface area contributed by atoms with Gasteiger partial charge in [0.1, 0.15) is 5.52 Å². The molecule has 0 aliphatic carbocycles. The molecule has 4 heteroatoms. The smallest absolute Gasteiger partial charge is 0.160 e. The first-order valence-electron chi connectivity index (χ1n) is 14.0. The van der Waals surface area contributed by atoms with Gasteiger partial charge in [0.05, 0.1) is 11.0 Å². The Morgan fingerprint density at radius 1 is 0.405 bits per heavy atom. The van der Waals surface area contributed by atoms with E-state index < -0.39 is 0 Å². The van der Waals surface area contributed by atoms with Crippen molar-refractivity contribution in [2.75, 3.05) is 0 Å². The lowest BCUT2D eigenvalue weighted by Crippen LogP contribution is -1.99. The summed E-state index contributed by atoms with van der Waals surface area (Å²) in [5.41, 5.74) is 10.1. The maximum Gasteiger partial charge on any atom is 0.160 e. The topological polar surface area (TPSA) is 51.6 Å². The van der Waals surface area contributed by atoms with Gasteiger partial charge in [0.2, 0.25) is 0 Å². The Balaban J connectivity index is 1.43. The van der Waals surface area contributed by atoms with Crippen molar-refractivity contribution in [3.05, 3.63) is 146 Å². The van der Waals surface area contributed by atoms with Crippen LogP contribution < -0.4 is 0 Å². The highest BCUT2D eigenvalue weighted by atomic mass is 14.9. The Morgan fingerprint density at radius 3 is 1.71 bits per heavy atom. The van der Waals surface area contributed by atoms with E-state index >= 15 is 0 Å². The van der Waals surface area contributed by atoms with Gasteiger partial charge in [0.15, 0.2) is 5.82 Å². The van der Waals surface area contributed by atoms with Crippen LogP contribution >= 0.6 is 0 Å². The number of nitrogens with zero attached hydrogens (tertiary/aromatic N) is 4. The van der Waals surface area contributed by atoms with Gasteiger partial charge in [-0.2, -0.15) is 0 Å². The number of fused-ring (bicyclic) bond motifs is 4. The molecule has 0 aliphatic rings. The van der Waals surface area contributed by atoms with Crippen molar-refractivity contribution in [2.24, 2.45) is 0 Å². The zero-order valence-electron chi connectivity index (χ0n) is 22.6. The second-order valence-electron chi connectivity index (χ2n) is 10.3. The van der Waals surface area contributed by atoms with Crippen LogP contribution in [0.4, 0.5) is 0 Å². The quantitative estimate of drug-likeness (QED) is 0.210. The molecule has 196 valence electrons. The molecule has 0 spiro atoms. The van der Waals surface area contributed by atoms with E-state index in [1.807, 2.05) is 24.4 Å². The summed E-state index contributed by atoms with van der Waals surface area (Å²) < 4.78 is 0. The summed E-state index contributed by atoms with van der Waals surface area (Å²) in [6.07, 6.45) is 5.40. The monoisotopic (exact) mass is 536 g/mol. The van der Waals surface area contributed by atoms with Gasteiger partial charge < -0.3 is 0 Å². The van der Waals surface area contributed by atoms with Crippen molar-refractivity contribution < 1.29 is 0 Å². The Hall–Kier alpha value is -5.74. The average molecular weight is 537 g/mol. The highest BCUT2D eigenvalue weighted by Gasteiger charge is 2.21. The van der Waals surface area contributed by atoms with Crippen LogP contribution in [0.2, 0.25) is 0 Å². The minimum atomic E-state index is 0.681. The molecule has 0 saturated heterocycles. The van der Waals surface area contributed by atoms with E-state index in [4.69, 9.17) is 19.9 Å². The summed E-state index contributed by atoms with van der Waals surface area (Å²) in [4.78, 5) is 19.8. The van der Waals surface area contributed by atoms with Gasteiger partial charge in [-0.05, 0) is 39.1 Å². The van der Waals surface area contributed by atoms with Gasteiger partial charge in [0.25, 0.3) is 0 Å². The summed E-state index contributed by atoms with van der Waals surface area (Å²) in [6.45, 7) is 0. The summed E-state index contributed by atoms with van der Waals surface area (Å²) in [5.74, 6) is 0.681. The third-order valence-electron chi connectivity index (χ3n) is 7.82. The van der Waals surface area contributed by atoms with Crippen LogP contribution in [-0.2, 0) is 0 Å². The molecule has 8 aromatic rings. The van der Waals surface area contributed by atoms with Crippen LogP contribution in [0.1, 0.15) is 0 Å². The first kappa shape index (κ1) is 24.1. The molecule has 2 aromatic heterocycles. The van der Waals surface area contributed by atoms with Gasteiger partial charge >= 0.3 is 0 Å². The molecule has 0 N–H and O–H groups in total. The zero-order valence-corrected chi connectivity index (χ0v) is 22.6. The highest BCUT2D eigenvalue weighted by molar-refractivity contribution is 6.18. The predicted molar refractivity (Wildman–Crippen MR) is 172 cm³/mol. The molecule has 6 aromatic carbocycles. The lowest BCUT2D eigenvalue weighted by Gasteiger charge is -2.17. The minimum Gasteiger partial charge on any atom is -0.252 e. The van der Waals surface area contributed by atoms with Gasteiger partial charge in [-0.3, -0.25) is 9.97 Å². The fraction of sp³-hybridized carbons (Fsp3) is 0. The van der Waals surface area contributed by atoms with Crippen LogP contribution in [0.15, 0.2) is 146 Å². The molecule has 0 fully saturated rings. The van der Waals surface area contributed by atoms with E-state index in [1.165, 1.54) is 11.1 Å². The first-order valence-corrected chi connectivity index (χ1v) is 14.0. The van der Waals surface area contributed by atoms with Gasteiger partial charge in [-0.25, -0.2) is 9.97 Å². The van der Waals surface area contributed by atoms with Crippen LogP contribution in [0, 0.1) is 0 Å². The van der Waals surface area contributed by atoms with E-state index in [1.54, 1.807) is 12.4 Å². The number of aromatic nitrogens is 4. The summed E-state index contributed by atoms with van der Waals surface area (Å²) in [7, 11) is 0. The highest BCUT2D eigenvalue weighted by Crippen LogP contribution is 2.43. The van der Waals surface area contributed by atoms with E-state index in [9.17, 15) is 0 Å². The summed E-state index contributed by atoms with van der Waals surface area (Å²) in [5, 5.41) is 3.14. The lowest BCUT2D eigenvalue weighted by atomic mass is 9.90. The number of rotatable bonds is 4. The van der Waals surface area contributed by atoms with E-state index in [-0.39, 0.29) is 0 Å². The van der Waals surface area contributed by atoms with Crippen LogP contribution in [0.25, 0.3) is 77.5 Å². The van der Waals surface area contributed by atoms with Crippen molar-refractivity contribution in [3.8, 4) is 44.8 Å². The van der Waals surface area contributed by atoms with Crippen LogP contribution in [0.3, 0.4) is 0 Å². The molecule has 0 unspecified atom stereocenters. The molecule has 0 saturated carbocycles. The third-order valence-corrected chi connectivity index (χ3v) is 7.82. The Kier molecular flexibility index (Phi) is 5.75. The van der Waals surface area contributed by atoms with E-state index in [2.05, 4.69) is 109 Å². The van der Waals surface area contributed by atoms with Gasteiger partial charge in [-0.15, -0.1) is 0 Å². The second kappa shape index (κ2) is 10.0.